The number of sulfone groups is 1. The number of imide groups is 1. The van der Waals surface area contributed by atoms with Gasteiger partial charge in [0.25, 0.3) is 15.7 Å². The van der Waals surface area contributed by atoms with Gasteiger partial charge in [-0.1, -0.05) is 18.2 Å². The van der Waals surface area contributed by atoms with E-state index in [4.69, 9.17) is 0 Å². The summed E-state index contributed by atoms with van der Waals surface area (Å²) in [5, 5.41) is 2.91. The van der Waals surface area contributed by atoms with Gasteiger partial charge < -0.3 is 4.90 Å². The number of rotatable bonds is 6. The van der Waals surface area contributed by atoms with E-state index >= 15 is 0 Å². The van der Waals surface area contributed by atoms with Crippen LogP contribution in [0.25, 0.3) is 10.1 Å². The molecule has 3 heterocycles. The van der Waals surface area contributed by atoms with Gasteiger partial charge >= 0.3 is 11.5 Å². The molecule has 0 N–H and O–H groups in total. The van der Waals surface area contributed by atoms with E-state index in [9.17, 15) is 31.2 Å². The number of amides is 3. The highest BCUT2D eigenvalue weighted by molar-refractivity contribution is 7.92. The van der Waals surface area contributed by atoms with Gasteiger partial charge in [-0.15, -0.1) is 11.3 Å². The zero-order valence-corrected chi connectivity index (χ0v) is 20.6. The second-order valence-electron chi connectivity index (χ2n) is 8.36. The molecule has 0 unspecified atom stereocenters. The molecule has 1 aliphatic heterocycles. The highest BCUT2D eigenvalue weighted by Gasteiger charge is 2.48. The van der Waals surface area contributed by atoms with Crippen molar-refractivity contribution in [2.45, 2.75) is 29.4 Å². The third kappa shape index (κ3) is 4.46. The topological polar surface area (TPSA) is 87.7 Å². The van der Waals surface area contributed by atoms with Crippen molar-refractivity contribution < 1.29 is 31.2 Å². The summed E-state index contributed by atoms with van der Waals surface area (Å²) in [6.07, 6.45) is 3.37. The molecule has 3 amide bonds. The number of hydrogen-bond donors (Lipinski definition) is 0. The van der Waals surface area contributed by atoms with Crippen LogP contribution in [0.4, 0.5) is 23.7 Å². The smallest absolute Gasteiger partial charge is 0.307 e. The molecule has 0 bridgehead atoms. The number of aromatic nitrogens is 1. The Morgan fingerprint density at radius 2 is 1.62 bits per heavy atom. The van der Waals surface area contributed by atoms with Crippen LogP contribution in [0.2, 0.25) is 0 Å². The lowest BCUT2D eigenvalue weighted by Crippen LogP contribution is -2.36. The molecule has 7 nitrogen and oxygen atoms in total. The van der Waals surface area contributed by atoms with Gasteiger partial charge in [0.05, 0.1) is 10.6 Å². The number of halogens is 3. The highest BCUT2D eigenvalue weighted by Crippen LogP contribution is 2.34. The zero-order chi connectivity index (χ0) is 26.4. The zero-order valence-electron chi connectivity index (χ0n) is 18.9. The number of anilines is 1. The summed E-state index contributed by atoms with van der Waals surface area (Å²) in [6.45, 7) is 0.108. The Bertz CT molecular complexity index is 1590. The van der Waals surface area contributed by atoms with Crippen molar-refractivity contribution in [3.63, 3.8) is 0 Å². The van der Waals surface area contributed by atoms with Crippen LogP contribution in [0.15, 0.2) is 83.3 Å². The lowest BCUT2D eigenvalue weighted by atomic mass is 10.0. The summed E-state index contributed by atoms with van der Waals surface area (Å²) in [7, 11) is -5.56. The van der Waals surface area contributed by atoms with E-state index in [-0.39, 0.29) is 18.7 Å². The van der Waals surface area contributed by atoms with E-state index in [0.717, 1.165) is 50.4 Å². The summed E-state index contributed by atoms with van der Waals surface area (Å²) in [5.74, 6) is -0.555. The number of carbonyl (C=O) groups excluding carboxylic acids is 2. The maximum atomic E-state index is 13.6. The number of fused-ring (bicyclic) bond motifs is 1. The number of urea groups is 1. The summed E-state index contributed by atoms with van der Waals surface area (Å²) in [6, 6.07) is 13.1. The third-order valence-corrected chi connectivity index (χ3v) is 8.62. The van der Waals surface area contributed by atoms with Gasteiger partial charge in [0, 0.05) is 30.1 Å². The summed E-state index contributed by atoms with van der Waals surface area (Å²) < 4.78 is 63.3. The lowest BCUT2D eigenvalue weighted by Gasteiger charge is -2.22. The molecule has 1 fully saturated rings. The maximum absolute atomic E-state index is 13.6. The Hall–Kier alpha value is -3.77. The molecule has 4 aromatic rings. The number of nitrogens with zero attached hydrogens (tertiary/aromatic N) is 3. The first-order valence-electron chi connectivity index (χ1n) is 11.0. The van der Waals surface area contributed by atoms with Gasteiger partial charge in [0.2, 0.25) is 0 Å². The molecular weight excluding hydrogens is 527 g/mol. The minimum absolute atomic E-state index is 0.0199. The van der Waals surface area contributed by atoms with Gasteiger partial charge in [-0.05, 0) is 64.4 Å². The van der Waals surface area contributed by atoms with Crippen LogP contribution in [0.1, 0.15) is 11.1 Å². The van der Waals surface area contributed by atoms with Gasteiger partial charge in [-0.3, -0.25) is 9.78 Å². The van der Waals surface area contributed by atoms with Crippen molar-refractivity contribution >= 4 is 48.9 Å². The second-order valence-corrected chi connectivity index (χ2v) is 11.2. The molecule has 1 saturated heterocycles. The maximum Gasteiger partial charge on any atom is 0.501 e. The Morgan fingerprint density at radius 1 is 0.946 bits per heavy atom. The van der Waals surface area contributed by atoms with Crippen molar-refractivity contribution in [2.24, 2.45) is 0 Å². The number of benzene rings is 2. The number of thiophene rings is 1. The fourth-order valence-electron chi connectivity index (χ4n) is 4.24. The molecule has 0 spiro atoms. The van der Waals surface area contributed by atoms with E-state index in [1.165, 1.54) is 16.2 Å². The fraction of sp³-hybridized carbons (Fsp3) is 0.160. The van der Waals surface area contributed by atoms with E-state index in [0.29, 0.717) is 0 Å². The number of carbonyl (C=O) groups is 2. The predicted octanol–water partition coefficient (Wildman–Crippen LogP) is 5.17. The first kappa shape index (κ1) is 24.9. The molecule has 190 valence electrons. The summed E-state index contributed by atoms with van der Waals surface area (Å²) >= 11 is 1.52. The van der Waals surface area contributed by atoms with E-state index in [2.05, 4.69) is 4.98 Å². The second kappa shape index (κ2) is 9.27. The molecule has 0 saturated carbocycles. The van der Waals surface area contributed by atoms with E-state index in [1.807, 2.05) is 29.6 Å². The molecule has 1 aliphatic rings. The first-order valence-corrected chi connectivity index (χ1v) is 13.3. The molecule has 2 aromatic heterocycles. The van der Waals surface area contributed by atoms with Gasteiger partial charge in [0.1, 0.15) is 6.04 Å². The molecule has 37 heavy (non-hydrogen) atoms. The van der Waals surface area contributed by atoms with Crippen molar-refractivity contribution in [1.82, 2.24) is 9.88 Å². The number of pyridine rings is 1. The third-order valence-electron chi connectivity index (χ3n) is 6.11. The predicted molar refractivity (Wildman–Crippen MR) is 132 cm³/mol. The summed E-state index contributed by atoms with van der Waals surface area (Å²) in [5.41, 5.74) is -3.86. The lowest BCUT2D eigenvalue weighted by molar-refractivity contribution is -0.119. The van der Waals surface area contributed by atoms with Gasteiger partial charge in [-0.2, -0.15) is 13.2 Å². The van der Waals surface area contributed by atoms with Crippen molar-refractivity contribution in [1.29, 1.82) is 0 Å². The van der Waals surface area contributed by atoms with Crippen LogP contribution >= 0.6 is 11.3 Å². The van der Waals surface area contributed by atoms with Crippen molar-refractivity contribution in [3.8, 4) is 0 Å². The van der Waals surface area contributed by atoms with E-state index in [1.54, 1.807) is 24.5 Å². The van der Waals surface area contributed by atoms with Crippen LogP contribution in [-0.4, -0.2) is 41.8 Å². The van der Waals surface area contributed by atoms with Crippen LogP contribution in [0.3, 0.4) is 0 Å². The van der Waals surface area contributed by atoms with Crippen LogP contribution in [0.5, 0.6) is 0 Å². The van der Waals surface area contributed by atoms with Crippen LogP contribution in [-0.2, 0) is 27.6 Å². The Labute approximate surface area is 213 Å². The average Bonchev–Trinajstić information content (AvgIpc) is 3.38. The number of alkyl halides is 3. The van der Waals surface area contributed by atoms with E-state index < -0.39 is 38.2 Å². The minimum atomic E-state index is -5.56. The standard InChI is InChI=1S/C25H18F3N3O4S2/c26-25(27,28)37(34,35)19-7-5-18(6-8-19)31-23(32)21(13-17-15-36-22-4-2-1-3-20(17)22)30(24(31)33)14-16-9-11-29-12-10-16/h1-12,15,21H,13-14H2/t21-/m1/s1. The van der Waals surface area contributed by atoms with Crippen LogP contribution < -0.4 is 4.90 Å². The molecule has 0 radical (unpaired) electrons. The summed E-state index contributed by atoms with van der Waals surface area (Å²) in [4.78, 5) is 32.3. The fourth-order valence-corrected chi connectivity index (χ4v) is 5.98. The molecule has 1 atom stereocenters. The van der Waals surface area contributed by atoms with Crippen LogP contribution in [0, 0.1) is 0 Å². The molecule has 5 rings (SSSR count). The normalized spacial score (nSPS) is 16.7. The minimum Gasteiger partial charge on any atom is -0.307 e. The molecule has 0 aliphatic carbocycles. The quantitative estimate of drug-likeness (QED) is 0.312. The van der Waals surface area contributed by atoms with Gasteiger partial charge in [-0.25, -0.2) is 18.1 Å². The van der Waals surface area contributed by atoms with Gasteiger partial charge in [0.15, 0.2) is 0 Å². The average molecular weight is 546 g/mol. The highest BCUT2D eigenvalue weighted by atomic mass is 32.2. The molecular formula is C25H18F3N3O4S2. The Balaban J connectivity index is 1.50. The monoisotopic (exact) mass is 545 g/mol. The van der Waals surface area contributed by atoms with Crippen molar-refractivity contribution in [2.75, 3.05) is 4.90 Å². The first-order chi connectivity index (χ1) is 17.6. The van der Waals surface area contributed by atoms with Crippen molar-refractivity contribution in [3.05, 3.63) is 89.6 Å². The molecule has 2 aromatic carbocycles. The Morgan fingerprint density at radius 3 is 2.30 bits per heavy atom. The number of hydrogen-bond acceptors (Lipinski definition) is 6. The SMILES string of the molecule is O=C1[C@@H](Cc2csc3ccccc23)N(Cc2ccncc2)C(=O)N1c1ccc(S(=O)(=O)C(F)(F)F)cc1. The largest absolute Gasteiger partial charge is 0.501 e. The molecule has 12 heteroatoms. The Kier molecular flexibility index (Phi) is 6.24.